The third-order valence-electron chi connectivity index (χ3n) is 4.25. The van der Waals surface area contributed by atoms with Gasteiger partial charge in [-0.15, -0.1) is 11.3 Å². The maximum atomic E-state index is 12.5. The minimum atomic E-state index is -3.33. The zero-order valence-corrected chi connectivity index (χ0v) is 13.9. The lowest BCUT2D eigenvalue weighted by molar-refractivity contribution is 0.0782. The highest BCUT2D eigenvalue weighted by molar-refractivity contribution is 7.91. The molecule has 0 radical (unpaired) electrons. The summed E-state index contributed by atoms with van der Waals surface area (Å²) < 4.78 is 27.0. The van der Waals surface area contributed by atoms with E-state index < -0.39 is 10.0 Å². The number of nitrogens with zero attached hydrogens (tertiary/aromatic N) is 2. The molecular weight excluding hydrogens is 308 g/mol. The van der Waals surface area contributed by atoms with E-state index in [9.17, 15) is 13.5 Å². The van der Waals surface area contributed by atoms with Gasteiger partial charge in [0, 0.05) is 37.6 Å². The van der Waals surface area contributed by atoms with Gasteiger partial charge in [-0.1, -0.05) is 0 Å². The first kappa shape index (κ1) is 15.4. The van der Waals surface area contributed by atoms with Crippen molar-refractivity contribution in [2.24, 2.45) is 5.92 Å². The summed E-state index contributed by atoms with van der Waals surface area (Å²) in [7, 11) is -3.33. The van der Waals surface area contributed by atoms with E-state index in [1.807, 2.05) is 13.0 Å². The lowest BCUT2D eigenvalue weighted by atomic mass is 10.2. The molecule has 118 valence electrons. The van der Waals surface area contributed by atoms with E-state index in [-0.39, 0.29) is 6.10 Å². The van der Waals surface area contributed by atoms with E-state index in [0.29, 0.717) is 42.9 Å². The van der Waals surface area contributed by atoms with Gasteiger partial charge in [-0.25, -0.2) is 8.42 Å². The second kappa shape index (κ2) is 5.96. The molecule has 2 fully saturated rings. The number of hydrogen-bond donors (Lipinski definition) is 1. The number of aliphatic hydroxyl groups excluding tert-OH is 1. The lowest BCUT2D eigenvalue weighted by Crippen LogP contribution is -2.50. The molecule has 1 aliphatic carbocycles. The number of β-amino-alcohol motifs (C(OH)–C–C–N with tert-alkyl or cyclic N) is 1. The van der Waals surface area contributed by atoms with E-state index in [2.05, 4.69) is 4.90 Å². The molecule has 1 aromatic heterocycles. The zero-order valence-electron chi connectivity index (χ0n) is 12.2. The second-order valence-electron chi connectivity index (χ2n) is 5.97. The van der Waals surface area contributed by atoms with Gasteiger partial charge in [-0.05, 0) is 37.8 Å². The Labute approximate surface area is 130 Å². The molecular formula is C14H22N2O3S2. The molecule has 1 N–H and O–H groups in total. The van der Waals surface area contributed by atoms with Crippen molar-refractivity contribution in [3.63, 3.8) is 0 Å². The number of rotatable bonds is 5. The van der Waals surface area contributed by atoms with Crippen LogP contribution in [-0.2, 0) is 10.0 Å². The van der Waals surface area contributed by atoms with Crippen LogP contribution in [0.15, 0.2) is 16.3 Å². The van der Waals surface area contributed by atoms with E-state index in [0.717, 1.165) is 17.7 Å². The Bertz CT molecular complexity index is 587. The summed E-state index contributed by atoms with van der Waals surface area (Å²) in [4.78, 5) is 3.19. The number of thiophene rings is 1. The largest absolute Gasteiger partial charge is 0.392 e. The average molecular weight is 330 g/mol. The van der Waals surface area contributed by atoms with Gasteiger partial charge >= 0.3 is 0 Å². The predicted molar refractivity (Wildman–Crippen MR) is 83.0 cm³/mol. The monoisotopic (exact) mass is 330 g/mol. The Morgan fingerprint density at radius 2 is 1.95 bits per heavy atom. The molecule has 0 spiro atoms. The number of piperazine rings is 1. The van der Waals surface area contributed by atoms with Crippen LogP contribution in [0.2, 0.25) is 0 Å². The van der Waals surface area contributed by atoms with Crippen LogP contribution < -0.4 is 0 Å². The molecule has 1 saturated carbocycles. The van der Waals surface area contributed by atoms with Crippen molar-refractivity contribution in [2.45, 2.75) is 30.1 Å². The molecule has 1 atom stereocenters. The molecule has 0 aromatic carbocycles. The topological polar surface area (TPSA) is 60.9 Å². The molecule has 1 aromatic rings. The van der Waals surface area contributed by atoms with Crippen LogP contribution in [0, 0.1) is 12.8 Å². The van der Waals surface area contributed by atoms with Crippen molar-refractivity contribution < 1.29 is 13.5 Å². The van der Waals surface area contributed by atoms with Gasteiger partial charge in [0.2, 0.25) is 0 Å². The summed E-state index contributed by atoms with van der Waals surface area (Å²) in [6.07, 6.45) is 2.02. The van der Waals surface area contributed by atoms with Gasteiger partial charge < -0.3 is 5.11 Å². The molecule has 0 amide bonds. The molecule has 7 heteroatoms. The first-order valence-corrected chi connectivity index (χ1v) is 9.69. The van der Waals surface area contributed by atoms with Crippen LogP contribution in [0.3, 0.4) is 0 Å². The Morgan fingerprint density at radius 3 is 2.48 bits per heavy atom. The van der Waals surface area contributed by atoms with E-state index >= 15 is 0 Å². The fraction of sp³-hybridized carbons (Fsp3) is 0.714. The third kappa shape index (κ3) is 3.48. The van der Waals surface area contributed by atoms with E-state index in [1.165, 1.54) is 11.3 Å². The Morgan fingerprint density at radius 1 is 1.29 bits per heavy atom. The first-order valence-electron chi connectivity index (χ1n) is 7.44. The predicted octanol–water partition coefficient (Wildman–Crippen LogP) is 1.13. The normalized spacial score (nSPS) is 23.3. The van der Waals surface area contributed by atoms with Gasteiger partial charge in [0.15, 0.2) is 0 Å². The van der Waals surface area contributed by atoms with Crippen molar-refractivity contribution >= 4 is 21.4 Å². The highest BCUT2D eigenvalue weighted by atomic mass is 32.2. The molecule has 21 heavy (non-hydrogen) atoms. The van der Waals surface area contributed by atoms with Crippen LogP contribution in [0.25, 0.3) is 0 Å². The standard InChI is InChI=1S/C14H22N2O3S2/c1-11-2-5-14(20-11)21(18,19)16-8-6-15(7-9-16)10-13(17)12-3-4-12/h2,5,12-13,17H,3-4,6-10H2,1H3. The van der Waals surface area contributed by atoms with Crippen molar-refractivity contribution in [3.05, 3.63) is 17.0 Å². The molecule has 3 rings (SSSR count). The van der Waals surface area contributed by atoms with Crippen LogP contribution in [-0.4, -0.2) is 61.6 Å². The van der Waals surface area contributed by atoms with E-state index in [1.54, 1.807) is 10.4 Å². The van der Waals surface area contributed by atoms with Crippen LogP contribution in [0.4, 0.5) is 0 Å². The lowest BCUT2D eigenvalue weighted by Gasteiger charge is -2.34. The Hall–Kier alpha value is -0.470. The highest BCUT2D eigenvalue weighted by Gasteiger charge is 2.33. The summed E-state index contributed by atoms with van der Waals surface area (Å²) in [6.45, 7) is 5.02. The second-order valence-corrected chi connectivity index (χ2v) is 9.43. The smallest absolute Gasteiger partial charge is 0.252 e. The molecule has 1 aliphatic heterocycles. The molecule has 5 nitrogen and oxygen atoms in total. The molecule has 2 heterocycles. The SMILES string of the molecule is Cc1ccc(S(=O)(=O)N2CCN(CC(O)C3CC3)CC2)s1. The summed E-state index contributed by atoms with van der Waals surface area (Å²) in [5.41, 5.74) is 0. The Kier molecular flexibility index (Phi) is 4.38. The minimum Gasteiger partial charge on any atom is -0.392 e. The van der Waals surface area contributed by atoms with Gasteiger partial charge in [0.05, 0.1) is 6.10 Å². The number of sulfonamides is 1. The Balaban J connectivity index is 1.57. The van der Waals surface area contributed by atoms with Gasteiger partial charge in [-0.3, -0.25) is 4.90 Å². The van der Waals surface area contributed by atoms with Gasteiger partial charge in [-0.2, -0.15) is 4.31 Å². The van der Waals surface area contributed by atoms with Crippen molar-refractivity contribution in [1.82, 2.24) is 9.21 Å². The molecule has 0 bridgehead atoms. The quantitative estimate of drug-likeness (QED) is 0.879. The maximum Gasteiger partial charge on any atom is 0.252 e. The summed E-state index contributed by atoms with van der Waals surface area (Å²) in [5.74, 6) is 0.473. The first-order chi connectivity index (χ1) is 9.96. The zero-order chi connectivity index (χ0) is 15.0. The maximum absolute atomic E-state index is 12.5. The molecule has 2 aliphatic rings. The van der Waals surface area contributed by atoms with Crippen LogP contribution >= 0.6 is 11.3 Å². The number of aliphatic hydroxyl groups is 1. The third-order valence-corrected chi connectivity index (χ3v) is 7.62. The highest BCUT2D eigenvalue weighted by Crippen LogP contribution is 2.33. The fourth-order valence-corrected chi connectivity index (χ4v) is 5.58. The van der Waals surface area contributed by atoms with Crippen LogP contribution in [0.1, 0.15) is 17.7 Å². The number of aryl methyl sites for hydroxylation is 1. The van der Waals surface area contributed by atoms with Crippen LogP contribution in [0.5, 0.6) is 0 Å². The van der Waals surface area contributed by atoms with E-state index in [4.69, 9.17) is 0 Å². The summed E-state index contributed by atoms with van der Waals surface area (Å²) in [5, 5.41) is 9.98. The van der Waals surface area contributed by atoms with Crippen molar-refractivity contribution in [2.75, 3.05) is 32.7 Å². The van der Waals surface area contributed by atoms with Crippen molar-refractivity contribution in [3.8, 4) is 0 Å². The number of hydrogen-bond acceptors (Lipinski definition) is 5. The van der Waals surface area contributed by atoms with Crippen molar-refractivity contribution in [1.29, 1.82) is 0 Å². The summed E-state index contributed by atoms with van der Waals surface area (Å²) in [6, 6.07) is 3.54. The van der Waals surface area contributed by atoms with Gasteiger partial charge in [0.25, 0.3) is 10.0 Å². The molecule has 1 unspecified atom stereocenters. The summed E-state index contributed by atoms with van der Waals surface area (Å²) >= 11 is 1.33. The van der Waals surface area contributed by atoms with Gasteiger partial charge in [0.1, 0.15) is 4.21 Å². The fourth-order valence-electron chi connectivity index (χ4n) is 2.73. The molecule has 1 saturated heterocycles. The minimum absolute atomic E-state index is 0.242. The average Bonchev–Trinajstić information content (AvgIpc) is 3.21.